The van der Waals surface area contributed by atoms with Crippen LogP contribution in [0.2, 0.25) is 0 Å². The highest BCUT2D eigenvalue weighted by molar-refractivity contribution is 7.70. The van der Waals surface area contributed by atoms with E-state index in [0.717, 1.165) is 24.0 Å². The Morgan fingerprint density at radius 1 is 0.964 bits per heavy atom. The smallest absolute Gasteiger partial charge is 0.324 e. The topological polar surface area (TPSA) is 115 Å². The quantitative estimate of drug-likeness (QED) is 0.217. The zero-order chi connectivity index (χ0) is 21.4. The van der Waals surface area contributed by atoms with Crippen molar-refractivity contribution in [3.05, 3.63) is 52.6 Å². The summed E-state index contributed by atoms with van der Waals surface area (Å²) in [6.07, 6.45) is 7.88. The maximum absolute atomic E-state index is 11.3. The molecule has 0 amide bonds. The van der Waals surface area contributed by atoms with E-state index in [1.807, 2.05) is 24.3 Å². The first kappa shape index (κ1) is 25.0. The standard InChI is InChI=1S/C20H32O6P2/c1-16(2)7-6-8-17(3)15-19-13-11-18(12-14-19)9-4-5-10-20(27(21,22)23)28(24,25)26/h7,11-15,20H,4-6,8-10H2,1-3H3,(H2,21,22,23)(H2,24,25,26). The highest BCUT2D eigenvalue weighted by atomic mass is 31.2. The van der Waals surface area contributed by atoms with Gasteiger partial charge in [0.15, 0.2) is 5.40 Å². The van der Waals surface area contributed by atoms with E-state index in [-0.39, 0.29) is 6.42 Å². The van der Waals surface area contributed by atoms with Gasteiger partial charge in [-0.3, -0.25) is 9.13 Å². The van der Waals surface area contributed by atoms with Gasteiger partial charge < -0.3 is 19.6 Å². The Hall–Kier alpha value is -1.00. The highest BCUT2D eigenvalue weighted by Crippen LogP contribution is 2.61. The fourth-order valence-electron chi connectivity index (χ4n) is 2.91. The van der Waals surface area contributed by atoms with Crippen LogP contribution in [0.5, 0.6) is 0 Å². The third-order valence-electron chi connectivity index (χ3n) is 4.44. The molecular formula is C20H32O6P2. The summed E-state index contributed by atoms with van der Waals surface area (Å²) < 4.78 is 22.5. The third-order valence-corrected chi connectivity index (χ3v) is 8.31. The van der Waals surface area contributed by atoms with Crippen molar-refractivity contribution >= 4 is 21.3 Å². The molecule has 0 spiro atoms. The number of rotatable bonds is 11. The predicted molar refractivity (Wildman–Crippen MR) is 114 cm³/mol. The van der Waals surface area contributed by atoms with E-state index in [0.29, 0.717) is 19.3 Å². The zero-order valence-corrected chi connectivity index (χ0v) is 18.6. The highest BCUT2D eigenvalue weighted by Gasteiger charge is 2.42. The van der Waals surface area contributed by atoms with Crippen LogP contribution in [0.3, 0.4) is 0 Å². The number of aryl methyl sites for hydroxylation is 1. The van der Waals surface area contributed by atoms with Crippen LogP contribution < -0.4 is 0 Å². The summed E-state index contributed by atoms with van der Waals surface area (Å²) in [5.74, 6) is 0. The van der Waals surface area contributed by atoms with Crippen LogP contribution in [0.1, 0.15) is 64.0 Å². The van der Waals surface area contributed by atoms with Crippen LogP contribution in [-0.2, 0) is 15.6 Å². The van der Waals surface area contributed by atoms with Crippen LogP contribution in [-0.4, -0.2) is 25.0 Å². The van der Waals surface area contributed by atoms with Gasteiger partial charge >= 0.3 is 15.2 Å². The number of hydrogen-bond donors (Lipinski definition) is 4. The minimum absolute atomic E-state index is 0.194. The van der Waals surface area contributed by atoms with Gasteiger partial charge in [0.25, 0.3) is 0 Å². The molecule has 0 fully saturated rings. The summed E-state index contributed by atoms with van der Waals surface area (Å²) in [4.78, 5) is 36.5. The monoisotopic (exact) mass is 430 g/mol. The fraction of sp³-hybridized carbons (Fsp3) is 0.500. The Morgan fingerprint density at radius 3 is 2.04 bits per heavy atom. The molecule has 4 N–H and O–H groups in total. The van der Waals surface area contributed by atoms with E-state index in [2.05, 4.69) is 32.9 Å². The van der Waals surface area contributed by atoms with Gasteiger partial charge in [-0.15, -0.1) is 0 Å². The third kappa shape index (κ3) is 9.97. The second-order valence-corrected chi connectivity index (χ2v) is 11.5. The van der Waals surface area contributed by atoms with E-state index < -0.39 is 20.6 Å². The molecule has 0 unspecified atom stereocenters. The molecule has 0 atom stereocenters. The molecule has 0 aromatic heterocycles. The molecule has 1 rings (SSSR count). The molecule has 158 valence electrons. The lowest BCUT2D eigenvalue weighted by atomic mass is 10.0. The number of allylic oxidation sites excluding steroid dienone is 3. The van der Waals surface area contributed by atoms with E-state index in [1.165, 1.54) is 11.1 Å². The van der Waals surface area contributed by atoms with Crippen molar-refractivity contribution in [2.24, 2.45) is 0 Å². The van der Waals surface area contributed by atoms with Crippen molar-refractivity contribution in [1.29, 1.82) is 0 Å². The minimum atomic E-state index is -4.82. The van der Waals surface area contributed by atoms with Crippen LogP contribution in [0, 0.1) is 0 Å². The molecule has 0 aliphatic heterocycles. The first-order chi connectivity index (χ1) is 12.9. The van der Waals surface area contributed by atoms with Crippen molar-refractivity contribution in [2.45, 2.75) is 64.7 Å². The van der Waals surface area contributed by atoms with Gasteiger partial charge in [0.1, 0.15) is 0 Å². The van der Waals surface area contributed by atoms with Crippen molar-refractivity contribution in [3.8, 4) is 0 Å². The van der Waals surface area contributed by atoms with E-state index in [1.54, 1.807) is 0 Å². The Labute approximate surface area is 167 Å². The van der Waals surface area contributed by atoms with E-state index >= 15 is 0 Å². The largest absolute Gasteiger partial charge is 0.340 e. The first-order valence-electron chi connectivity index (χ1n) is 9.39. The maximum Gasteiger partial charge on any atom is 0.340 e. The van der Waals surface area contributed by atoms with Crippen molar-refractivity contribution in [2.75, 3.05) is 0 Å². The fourth-order valence-corrected chi connectivity index (χ4v) is 5.52. The maximum atomic E-state index is 11.3. The summed E-state index contributed by atoms with van der Waals surface area (Å²) in [6.45, 7) is 6.30. The molecule has 1 aromatic rings. The summed E-state index contributed by atoms with van der Waals surface area (Å²) in [5, 5.41) is -1.90. The summed E-state index contributed by atoms with van der Waals surface area (Å²) in [5.41, 5.74) is 4.85. The van der Waals surface area contributed by atoms with Gasteiger partial charge in [0, 0.05) is 0 Å². The second kappa shape index (κ2) is 11.3. The molecule has 0 radical (unpaired) electrons. The van der Waals surface area contributed by atoms with Gasteiger partial charge in [-0.25, -0.2) is 0 Å². The molecule has 6 nitrogen and oxygen atoms in total. The van der Waals surface area contributed by atoms with Gasteiger partial charge in [-0.1, -0.05) is 54.0 Å². The van der Waals surface area contributed by atoms with Gasteiger partial charge in [0.05, 0.1) is 0 Å². The average Bonchev–Trinajstić information content (AvgIpc) is 2.53. The normalized spacial score (nSPS) is 13.1. The summed E-state index contributed by atoms with van der Waals surface area (Å²) >= 11 is 0. The Balaban J connectivity index is 2.52. The number of benzene rings is 1. The molecule has 0 saturated heterocycles. The molecule has 0 aliphatic rings. The van der Waals surface area contributed by atoms with Crippen LogP contribution in [0.4, 0.5) is 0 Å². The average molecular weight is 430 g/mol. The minimum Gasteiger partial charge on any atom is -0.324 e. The molecule has 1 aromatic carbocycles. The molecule has 0 heterocycles. The SMILES string of the molecule is CC(C)=CCCC(C)=Cc1ccc(CCCCC(P(=O)(O)O)P(=O)(O)O)cc1. The number of unbranched alkanes of at least 4 members (excludes halogenated alkanes) is 1. The molecule has 8 heteroatoms. The Morgan fingerprint density at radius 2 is 1.54 bits per heavy atom. The zero-order valence-electron chi connectivity index (χ0n) is 16.8. The lowest BCUT2D eigenvalue weighted by molar-refractivity contribution is 0.334. The molecule has 0 aliphatic carbocycles. The lowest BCUT2D eigenvalue weighted by Gasteiger charge is -2.19. The van der Waals surface area contributed by atoms with Crippen molar-refractivity contribution in [1.82, 2.24) is 0 Å². The van der Waals surface area contributed by atoms with Crippen LogP contribution in [0.15, 0.2) is 41.5 Å². The Kier molecular flexibility index (Phi) is 10.1. The second-order valence-electron chi connectivity index (χ2n) is 7.46. The van der Waals surface area contributed by atoms with Gasteiger partial charge in [-0.05, 0) is 64.0 Å². The van der Waals surface area contributed by atoms with Crippen molar-refractivity contribution in [3.63, 3.8) is 0 Å². The molecular weight excluding hydrogens is 398 g/mol. The van der Waals surface area contributed by atoms with E-state index in [9.17, 15) is 9.13 Å². The van der Waals surface area contributed by atoms with E-state index in [4.69, 9.17) is 19.6 Å². The molecule has 28 heavy (non-hydrogen) atoms. The first-order valence-corrected chi connectivity index (χ1v) is 12.8. The predicted octanol–water partition coefficient (Wildman–Crippen LogP) is 5.23. The summed E-state index contributed by atoms with van der Waals surface area (Å²) in [6, 6.07) is 8.10. The van der Waals surface area contributed by atoms with Crippen molar-refractivity contribution < 1.29 is 28.7 Å². The van der Waals surface area contributed by atoms with Gasteiger partial charge in [-0.2, -0.15) is 0 Å². The van der Waals surface area contributed by atoms with Crippen LogP contribution >= 0.6 is 15.2 Å². The molecule has 0 bridgehead atoms. The molecule has 0 saturated carbocycles. The summed E-state index contributed by atoms with van der Waals surface area (Å²) in [7, 11) is -9.63. The van der Waals surface area contributed by atoms with Crippen LogP contribution in [0.25, 0.3) is 6.08 Å². The van der Waals surface area contributed by atoms with Gasteiger partial charge in [0.2, 0.25) is 0 Å². The Bertz CT molecular complexity index is 744. The lowest BCUT2D eigenvalue weighted by Crippen LogP contribution is -2.09. The number of hydrogen-bond acceptors (Lipinski definition) is 2.